The van der Waals surface area contributed by atoms with Gasteiger partial charge in [-0.25, -0.2) is 4.68 Å². The molecule has 1 aromatic heterocycles. The van der Waals surface area contributed by atoms with Gasteiger partial charge in [0.15, 0.2) is 5.78 Å². The summed E-state index contributed by atoms with van der Waals surface area (Å²) < 4.78 is 1.98. The van der Waals surface area contributed by atoms with Crippen LogP contribution in [0.25, 0.3) is 5.69 Å². The SMILES string of the molecule is Cc1nn(-c2ccccc2)c(C)c1N1CCN(C(=O)CCC(=O)c2ccc(Cl)cc2)CC1. The summed E-state index contributed by atoms with van der Waals surface area (Å²) in [6.45, 7) is 6.90. The number of aryl methyl sites for hydroxylation is 1. The minimum atomic E-state index is -0.0340. The molecule has 0 radical (unpaired) electrons. The van der Waals surface area contributed by atoms with Crippen LogP contribution in [0.5, 0.6) is 0 Å². The molecule has 0 bridgehead atoms. The van der Waals surface area contributed by atoms with Gasteiger partial charge in [0, 0.05) is 49.6 Å². The number of Topliss-reactive ketones (excluding diaryl/α,β-unsaturated/α-hetero) is 1. The van der Waals surface area contributed by atoms with E-state index < -0.39 is 0 Å². The van der Waals surface area contributed by atoms with Gasteiger partial charge in [0.25, 0.3) is 0 Å². The third-order valence-corrected chi connectivity index (χ3v) is 6.19. The van der Waals surface area contributed by atoms with Crippen molar-refractivity contribution in [2.45, 2.75) is 26.7 Å². The number of carbonyl (C=O) groups is 2. The van der Waals surface area contributed by atoms with Gasteiger partial charge in [-0.1, -0.05) is 29.8 Å². The van der Waals surface area contributed by atoms with E-state index in [0.29, 0.717) is 23.7 Å². The van der Waals surface area contributed by atoms with E-state index in [9.17, 15) is 9.59 Å². The number of rotatable bonds is 6. The average molecular weight is 451 g/mol. The van der Waals surface area contributed by atoms with Crippen molar-refractivity contribution in [3.05, 3.63) is 76.6 Å². The number of nitrogens with zero attached hydrogens (tertiary/aromatic N) is 4. The number of hydrogen-bond donors (Lipinski definition) is 0. The highest BCUT2D eigenvalue weighted by atomic mass is 35.5. The molecule has 32 heavy (non-hydrogen) atoms. The molecule has 0 spiro atoms. The predicted octanol–water partition coefficient (Wildman–Crippen LogP) is 4.45. The molecule has 1 fully saturated rings. The molecule has 1 amide bonds. The summed E-state index contributed by atoms with van der Waals surface area (Å²) in [6, 6.07) is 16.9. The highest BCUT2D eigenvalue weighted by Crippen LogP contribution is 2.27. The van der Waals surface area contributed by atoms with E-state index in [1.165, 1.54) is 0 Å². The van der Waals surface area contributed by atoms with Gasteiger partial charge in [-0.05, 0) is 50.2 Å². The minimum absolute atomic E-state index is 0.0281. The Labute approximate surface area is 193 Å². The van der Waals surface area contributed by atoms with Crippen molar-refractivity contribution in [2.75, 3.05) is 31.1 Å². The second-order valence-corrected chi connectivity index (χ2v) is 8.50. The largest absolute Gasteiger partial charge is 0.365 e. The molecule has 2 aromatic carbocycles. The molecule has 166 valence electrons. The molecule has 3 aromatic rings. The zero-order valence-electron chi connectivity index (χ0n) is 18.4. The van der Waals surface area contributed by atoms with Crippen LogP contribution >= 0.6 is 11.6 Å². The summed E-state index contributed by atoms with van der Waals surface area (Å²) >= 11 is 5.87. The highest BCUT2D eigenvalue weighted by Gasteiger charge is 2.25. The molecular formula is C25H27ClN4O2. The molecule has 0 unspecified atom stereocenters. The van der Waals surface area contributed by atoms with Crippen LogP contribution in [0.4, 0.5) is 5.69 Å². The number of piperazine rings is 1. The average Bonchev–Trinajstić information content (AvgIpc) is 3.12. The summed E-state index contributed by atoms with van der Waals surface area (Å²) in [5, 5.41) is 5.33. The van der Waals surface area contributed by atoms with Crippen LogP contribution in [-0.2, 0) is 4.79 Å². The van der Waals surface area contributed by atoms with Crippen molar-refractivity contribution in [3.63, 3.8) is 0 Å². The van der Waals surface area contributed by atoms with Gasteiger partial charge in [0.2, 0.25) is 5.91 Å². The fourth-order valence-electron chi connectivity index (χ4n) is 4.25. The lowest BCUT2D eigenvalue weighted by atomic mass is 10.1. The maximum atomic E-state index is 12.7. The van der Waals surface area contributed by atoms with Crippen molar-refractivity contribution in [1.82, 2.24) is 14.7 Å². The van der Waals surface area contributed by atoms with Gasteiger partial charge in [-0.15, -0.1) is 0 Å². The number of amides is 1. The Kier molecular flexibility index (Phi) is 6.61. The zero-order chi connectivity index (χ0) is 22.7. The summed E-state index contributed by atoms with van der Waals surface area (Å²) in [6.07, 6.45) is 0.439. The molecule has 7 heteroatoms. The summed E-state index contributed by atoms with van der Waals surface area (Å²) in [7, 11) is 0. The van der Waals surface area contributed by atoms with Crippen LogP contribution in [0, 0.1) is 13.8 Å². The van der Waals surface area contributed by atoms with E-state index >= 15 is 0 Å². The summed E-state index contributed by atoms with van der Waals surface area (Å²) in [5.74, 6) is -0.00591. The standard InChI is InChI=1S/C25H27ClN4O2/c1-18-25(19(2)30(27-18)22-6-4-3-5-7-22)29-16-14-28(15-17-29)24(32)13-12-23(31)20-8-10-21(26)11-9-20/h3-11H,12-17H2,1-2H3. The third kappa shape index (κ3) is 4.70. The molecule has 0 N–H and O–H groups in total. The molecule has 0 aliphatic carbocycles. The lowest BCUT2D eigenvalue weighted by Gasteiger charge is -2.36. The molecule has 4 rings (SSSR count). The monoisotopic (exact) mass is 450 g/mol. The molecule has 0 atom stereocenters. The van der Waals surface area contributed by atoms with Crippen LogP contribution < -0.4 is 4.90 Å². The van der Waals surface area contributed by atoms with E-state index in [2.05, 4.69) is 11.8 Å². The molecule has 1 saturated heterocycles. The number of carbonyl (C=O) groups excluding carboxylic acids is 2. The Hall–Kier alpha value is -3.12. The molecule has 0 saturated carbocycles. The van der Waals surface area contributed by atoms with E-state index in [1.54, 1.807) is 24.3 Å². The molecule has 1 aliphatic heterocycles. The van der Waals surface area contributed by atoms with Gasteiger partial charge in [-0.3, -0.25) is 9.59 Å². The Morgan fingerprint density at radius 2 is 1.56 bits per heavy atom. The molecule has 2 heterocycles. The molecule has 1 aliphatic rings. The zero-order valence-corrected chi connectivity index (χ0v) is 19.2. The van der Waals surface area contributed by atoms with Crippen molar-refractivity contribution < 1.29 is 9.59 Å². The molecule has 6 nitrogen and oxygen atoms in total. The van der Waals surface area contributed by atoms with Gasteiger partial charge >= 0.3 is 0 Å². The minimum Gasteiger partial charge on any atom is -0.365 e. The second-order valence-electron chi connectivity index (χ2n) is 8.06. The number of aromatic nitrogens is 2. The first-order valence-electron chi connectivity index (χ1n) is 10.9. The number of para-hydroxylation sites is 1. The Balaban J connectivity index is 1.34. The number of ketones is 1. The van der Waals surface area contributed by atoms with Crippen molar-refractivity contribution >= 4 is 29.0 Å². The van der Waals surface area contributed by atoms with Crippen molar-refractivity contribution in [3.8, 4) is 5.69 Å². The smallest absolute Gasteiger partial charge is 0.223 e. The van der Waals surface area contributed by atoms with Crippen molar-refractivity contribution in [1.29, 1.82) is 0 Å². The highest BCUT2D eigenvalue weighted by molar-refractivity contribution is 6.30. The van der Waals surface area contributed by atoms with E-state index in [0.717, 1.165) is 35.9 Å². The molecular weight excluding hydrogens is 424 g/mol. The van der Waals surface area contributed by atoms with Crippen LogP contribution in [0.2, 0.25) is 5.02 Å². The van der Waals surface area contributed by atoms with Gasteiger partial charge in [0.1, 0.15) is 0 Å². The van der Waals surface area contributed by atoms with Gasteiger partial charge in [0.05, 0.1) is 22.8 Å². The van der Waals surface area contributed by atoms with Gasteiger partial charge < -0.3 is 9.80 Å². The maximum Gasteiger partial charge on any atom is 0.223 e. The lowest BCUT2D eigenvalue weighted by molar-refractivity contribution is -0.131. The van der Waals surface area contributed by atoms with Crippen LogP contribution in [0.3, 0.4) is 0 Å². The van der Waals surface area contributed by atoms with Gasteiger partial charge in [-0.2, -0.15) is 5.10 Å². The lowest BCUT2D eigenvalue weighted by Crippen LogP contribution is -2.49. The van der Waals surface area contributed by atoms with Crippen LogP contribution in [0.1, 0.15) is 34.6 Å². The number of hydrogen-bond acceptors (Lipinski definition) is 4. The normalized spacial score (nSPS) is 14.0. The summed E-state index contributed by atoms with van der Waals surface area (Å²) in [5.41, 5.74) is 4.85. The first kappa shape index (κ1) is 22.1. The topological polar surface area (TPSA) is 58.4 Å². The van der Waals surface area contributed by atoms with Crippen LogP contribution in [0.15, 0.2) is 54.6 Å². The summed E-state index contributed by atoms with van der Waals surface area (Å²) in [4.78, 5) is 29.2. The first-order chi connectivity index (χ1) is 15.4. The Bertz CT molecular complexity index is 1100. The third-order valence-electron chi connectivity index (χ3n) is 5.93. The number of benzene rings is 2. The number of halogens is 1. The predicted molar refractivity (Wildman–Crippen MR) is 127 cm³/mol. The van der Waals surface area contributed by atoms with Crippen molar-refractivity contribution in [2.24, 2.45) is 0 Å². The van der Waals surface area contributed by atoms with E-state index in [-0.39, 0.29) is 24.5 Å². The number of anilines is 1. The van der Waals surface area contributed by atoms with Crippen LogP contribution in [-0.4, -0.2) is 52.5 Å². The second kappa shape index (κ2) is 9.57. The maximum absolute atomic E-state index is 12.7. The Morgan fingerprint density at radius 3 is 2.22 bits per heavy atom. The quantitative estimate of drug-likeness (QED) is 0.520. The fraction of sp³-hybridized carbons (Fsp3) is 0.320. The fourth-order valence-corrected chi connectivity index (χ4v) is 4.38. The van der Waals surface area contributed by atoms with E-state index in [4.69, 9.17) is 16.7 Å². The Morgan fingerprint density at radius 1 is 0.906 bits per heavy atom. The van der Waals surface area contributed by atoms with E-state index in [1.807, 2.05) is 46.8 Å². The first-order valence-corrected chi connectivity index (χ1v) is 11.2.